The molecule has 0 N–H and O–H groups in total. The summed E-state index contributed by atoms with van der Waals surface area (Å²) in [5.74, 6) is 3.03. The third-order valence-electron chi connectivity index (χ3n) is 2.39. The minimum Gasteiger partial charge on any atom is -0.354 e. The highest BCUT2D eigenvalue weighted by molar-refractivity contribution is 7.99. The van der Waals surface area contributed by atoms with Gasteiger partial charge in [0.05, 0.1) is 10.0 Å². The van der Waals surface area contributed by atoms with Gasteiger partial charge >= 0.3 is 0 Å². The van der Waals surface area contributed by atoms with Crippen LogP contribution >= 0.6 is 46.6 Å². The van der Waals surface area contributed by atoms with E-state index in [1.807, 2.05) is 11.8 Å². The van der Waals surface area contributed by atoms with Gasteiger partial charge in [0.15, 0.2) is 0 Å². The summed E-state index contributed by atoms with van der Waals surface area (Å²) < 4.78 is 0. The summed E-state index contributed by atoms with van der Waals surface area (Å²) in [5.41, 5.74) is 0. The van der Waals surface area contributed by atoms with Crippen molar-refractivity contribution < 1.29 is 0 Å². The zero-order chi connectivity index (χ0) is 11.5. The van der Waals surface area contributed by atoms with Gasteiger partial charge in [-0.3, -0.25) is 0 Å². The summed E-state index contributed by atoms with van der Waals surface area (Å²) in [6.07, 6.45) is 1.14. The summed E-state index contributed by atoms with van der Waals surface area (Å²) in [6.45, 7) is 1.92. The van der Waals surface area contributed by atoms with Crippen molar-refractivity contribution in [1.29, 1.82) is 0 Å². The fourth-order valence-electron chi connectivity index (χ4n) is 1.61. The molecule has 16 heavy (non-hydrogen) atoms. The molecule has 0 radical (unpaired) electrons. The first-order valence-electron chi connectivity index (χ1n) is 5.02. The fraction of sp³-hybridized carbons (Fsp3) is 0.500. The maximum atomic E-state index is 6.13. The van der Waals surface area contributed by atoms with Gasteiger partial charge in [-0.15, -0.1) is 0 Å². The molecule has 1 aromatic rings. The van der Waals surface area contributed by atoms with Crippen molar-refractivity contribution in [3.8, 4) is 0 Å². The summed E-state index contributed by atoms with van der Waals surface area (Å²) in [6, 6.07) is 1.66. The van der Waals surface area contributed by atoms with Crippen molar-refractivity contribution in [3.05, 3.63) is 21.3 Å². The minimum atomic E-state index is 0.318. The molecule has 0 bridgehead atoms. The number of anilines is 1. The minimum absolute atomic E-state index is 0.318. The van der Waals surface area contributed by atoms with Crippen LogP contribution in [0.5, 0.6) is 0 Å². The topological polar surface area (TPSA) is 16.1 Å². The van der Waals surface area contributed by atoms with Crippen LogP contribution in [0, 0.1) is 0 Å². The van der Waals surface area contributed by atoms with Crippen molar-refractivity contribution in [2.24, 2.45) is 0 Å². The second kappa shape index (κ2) is 5.67. The van der Waals surface area contributed by atoms with E-state index in [0.717, 1.165) is 31.1 Å². The van der Waals surface area contributed by atoms with Gasteiger partial charge in [-0.1, -0.05) is 34.8 Å². The summed E-state index contributed by atoms with van der Waals surface area (Å²) in [5, 5.41) is 1.29. The van der Waals surface area contributed by atoms with E-state index in [2.05, 4.69) is 9.88 Å². The molecule has 0 spiro atoms. The molecule has 0 aliphatic carbocycles. The Hall–Kier alpha value is 0.170. The fourth-order valence-corrected chi connectivity index (χ4v) is 3.11. The molecular formula is C10H11Cl3N2S. The molecule has 1 aromatic heterocycles. The molecule has 1 aliphatic rings. The summed E-state index contributed by atoms with van der Waals surface area (Å²) >= 11 is 19.9. The number of hydrogen-bond donors (Lipinski definition) is 0. The average molecular weight is 298 g/mol. The van der Waals surface area contributed by atoms with Gasteiger partial charge in [0.25, 0.3) is 0 Å². The predicted molar refractivity (Wildman–Crippen MR) is 73.4 cm³/mol. The van der Waals surface area contributed by atoms with E-state index < -0.39 is 0 Å². The first-order valence-corrected chi connectivity index (χ1v) is 7.31. The molecule has 0 atom stereocenters. The molecule has 88 valence electrons. The highest BCUT2D eigenvalue weighted by Gasteiger charge is 2.16. The van der Waals surface area contributed by atoms with Gasteiger partial charge in [-0.05, 0) is 18.2 Å². The highest BCUT2D eigenvalue weighted by Crippen LogP contribution is 2.32. The Bertz CT molecular complexity index is 379. The van der Waals surface area contributed by atoms with Crippen LogP contribution in [-0.4, -0.2) is 29.6 Å². The maximum Gasteiger partial charge on any atom is 0.150 e. The molecule has 1 aliphatic heterocycles. The first-order chi connectivity index (χ1) is 7.68. The van der Waals surface area contributed by atoms with Crippen LogP contribution in [0.15, 0.2) is 6.07 Å². The number of hydrogen-bond acceptors (Lipinski definition) is 3. The lowest BCUT2D eigenvalue weighted by atomic mass is 10.3. The van der Waals surface area contributed by atoms with Crippen LogP contribution in [0.4, 0.5) is 5.82 Å². The van der Waals surface area contributed by atoms with E-state index in [1.165, 1.54) is 5.75 Å². The molecule has 0 amide bonds. The molecule has 0 unspecified atom stereocenters. The first kappa shape index (κ1) is 12.6. The van der Waals surface area contributed by atoms with Gasteiger partial charge in [-0.25, -0.2) is 4.98 Å². The number of aromatic nitrogens is 1. The highest BCUT2D eigenvalue weighted by atomic mass is 35.5. The van der Waals surface area contributed by atoms with Crippen LogP contribution in [0.25, 0.3) is 0 Å². The van der Waals surface area contributed by atoms with Gasteiger partial charge < -0.3 is 4.90 Å². The summed E-state index contributed by atoms with van der Waals surface area (Å²) in [4.78, 5) is 6.43. The van der Waals surface area contributed by atoms with Crippen molar-refractivity contribution in [1.82, 2.24) is 4.98 Å². The van der Waals surface area contributed by atoms with Crippen LogP contribution < -0.4 is 4.90 Å². The lowest BCUT2D eigenvalue weighted by molar-refractivity contribution is 0.802. The van der Waals surface area contributed by atoms with Crippen molar-refractivity contribution >= 4 is 52.4 Å². The molecule has 2 heterocycles. The molecule has 2 rings (SSSR count). The molecule has 0 aromatic carbocycles. The number of nitrogens with zero attached hydrogens (tertiary/aromatic N) is 2. The monoisotopic (exact) mass is 296 g/mol. The van der Waals surface area contributed by atoms with E-state index in [1.54, 1.807) is 6.07 Å². The van der Waals surface area contributed by atoms with Crippen LogP contribution in [-0.2, 0) is 0 Å². The van der Waals surface area contributed by atoms with Crippen molar-refractivity contribution in [3.63, 3.8) is 0 Å². The zero-order valence-electron chi connectivity index (χ0n) is 8.55. The summed E-state index contributed by atoms with van der Waals surface area (Å²) in [7, 11) is 0. The molecule has 1 saturated heterocycles. The van der Waals surface area contributed by atoms with Gasteiger partial charge in [0.2, 0.25) is 0 Å². The second-order valence-electron chi connectivity index (χ2n) is 3.52. The lowest BCUT2D eigenvalue weighted by Gasteiger charge is -2.22. The Morgan fingerprint density at radius 3 is 2.75 bits per heavy atom. The van der Waals surface area contributed by atoms with E-state index in [0.29, 0.717) is 15.2 Å². The third-order valence-corrected chi connectivity index (χ3v) is 4.39. The molecule has 1 fully saturated rings. The quantitative estimate of drug-likeness (QED) is 0.729. The predicted octanol–water partition coefficient (Wildman–Crippen LogP) is 3.99. The normalized spacial score (nSPS) is 17.3. The average Bonchev–Trinajstić information content (AvgIpc) is 2.52. The van der Waals surface area contributed by atoms with E-state index in [9.17, 15) is 0 Å². The second-order valence-corrected chi connectivity index (χ2v) is 5.92. The largest absolute Gasteiger partial charge is 0.354 e. The Morgan fingerprint density at radius 1 is 1.12 bits per heavy atom. The Morgan fingerprint density at radius 2 is 1.94 bits per heavy atom. The number of thioether (sulfide) groups is 1. The lowest BCUT2D eigenvalue weighted by Crippen LogP contribution is -2.26. The Labute approximate surface area is 114 Å². The van der Waals surface area contributed by atoms with Crippen molar-refractivity contribution in [2.75, 3.05) is 29.5 Å². The number of halogens is 3. The van der Waals surface area contributed by atoms with Gasteiger partial charge in [-0.2, -0.15) is 11.8 Å². The van der Waals surface area contributed by atoms with Crippen molar-refractivity contribution in [2.45, 2.75) is 6.42 Å². The smallest absolute Gasteiger partial charge is 0.150 e. The van der Waals surface area contributed by atoms with Gasteiger partial charge in [0, 0.05) is 18.8 Å². The van der Waals surface area contributed by atoms with Gasteiger partial charge in [0.1, 0.15) is 11.0 Å². The maximum absolute atomic E-state index is 6.13. The molecular weight excluding hydrogens is 287 g/mol. The number of pyridine rings is 1. The zero-order valence-corrected chi connectivity index (χ0v) is 11.6. The van der Waals surface area contributed by atoms with Crippen LogP contribution in [0.1, 0.15) is 6.42 Å². The SMILES string of the molecule is Clc1cc(Cl)c(N2CCCSCC2)nc1Cl. The Balaban J connectivity index is 2.27. The number of rotatable bonds is 1. The van der Waals surface area contributed by atoms with Crippen LogP contribution in [0.2, 0.25) is 15.2 Å². The van der Waals surface area contributed by atoms with E-state index in [-0.39, 0.29) is 0 Å². The Kier molecular flexibility index (Phi) is 4.48. The van der Waals surface area contributed by atoms with Crippen LogP contribution in [0.3, 0.4) is 0 Å². The standard InChI is InChI=1S/C10H11Cl3N2S/c11-7-6-8(12)10(14-9(7)13)15-2-1-4-16-5-3-15/h6H,1-5H2. The molecule has 0 saturated carbocycles. The third kappa shape index (κ3) is 2.89. The van der Waals surface area contributed by atoms with E-state index in [4.69, 9.17) is 34.8 Å². The molecule has 2 nitrogen and oxygen atoms in total. The molecule has 6 heteroatoms. The van der Waals surface area contributed by atoms with E-state index >= 15 is 0 Å².